The van der Waals surface area contributed by atoms with E-state index in [1.54, 1.807) is 21.3 Å². The Morgan fingerprint density at radius 2 is 1.62 bits per heavy atom. The number of benzene rings is 2. The maximum atomic E-state index is 12.2. The van der Waals surface area contributed by atoms with E-state index >= 15 is 0 Å². The smallest absolute Gasteiger partial charge is 0.355 e. The monoisotopic (exact) mass is 373 g/mol. The number of hydrogen-bond acceptors (Lipinski definition) is 6. The summed E-state index contributed by atoms with van der Waals surface area (Å²) in [7, 11) is 6.05. The number of carbonyl (C=O) groups is 1. The fourth-order valence-electron chi connectivity index (χ4n) is 2.70. The summed E-state index contributed by atoms with van der Waals surface area (Å²) in [5.74, 6) is 1.20. The van der Waals surface area contributed by atoms with E-state index in [0.29, 0.717) is 22.9 Å². The second-order valence-corrected chi connectivity index (χ2v) is 6.41. The van der Waals surface area contributed by atoms with Crippen LogP contribution in [0.1, 0.15) is 10.5 Å². The van der Waals surface area contributed by atoms with E-state index in [-0.39, 0.29) is 0 Å². The number of para-hydroxylation sites is 1. The summed E-state index contributed by atoms with van der Waals surface area (Å²) in [4.78, 5) is 17.0. The zero-order valence-electron chi connectivity index (χ0n) is 14.9. The lowest BCUT2D eigenvalue weighted by Crippen LogP contribution is -2.02. The van der Waals surface area contributed by atoms with E-state index < -0.39 is 5.97 Å². The van der Waals surface area contributed by atoms with Gasteiger partial charge in [-0.05, 0) is 18.2 Å². The normalized spacial score (nSPS) is 10.6. The Morgan fingerprint density at radius 3 is 2.19 bits per heavy atom. The van der Waals surface area contributed by atoms with Crippen LogP contribution in [0.15, 0.2) is 46.2 Å². The molecule has 26 heavy (non-hydrogen) atoms. The molecule has 3 rings (SSSR count). The zero-order valence-corrected chi connectivity index (χ0v) is 15.7. The van der Waals surface area contributed by atoms with Crippen LogP contribution in [-0.2, 0) is 4.74 Å². The number of aromatic amines is 1. The van der Waals surface area contributed by atoms with Crippen molar-refractivity contribution in [3.63, 3.8) is 0 Å². The van der Waals surface area contributed by atoms with Gasteiger partial charge in [-0.3, -0.25) is 0 Å². The molecule has 7 heteroatoms. The lowest BCUT2D eigenvalue weighted by Gasteiger charge is -2.14. The summed E-state index contributed by atoms with van der Waals surface area (Å²) in [6, 6.07) is 11.4. The first-order chi connectivity index (χ1) is 12.6. The third kappa shape index (κ3) is 3.17. The molecule has 0 aliphatic rings. The van der Waals surface area contributed by atoms with Crippen LogP contribution in [0.3, 0.4) is 0 Å². The van der Waals surface area contributed by atoms with Gasteiger partial charge in [0.2, 0.25) is 5.75 Å². The van der Waals surface area contributed by atoms with Crippen LogP contribution in [0.2, 0.25) is 0 Å². The minimum Gasteiger partial charge on any atom is -0.493 e. The quantitative estimate of drug-likeness (QED) is 0.655. The Bertz CT molecular complexity index is 925. The number of H-pyrrole nitrogens is 1. The number of esters is 1. The third-order valence-electron chi connectivity index (χ3n) is 3.91. The molecule has 0 unspecified atom stereocenters. The topological polar surface area (TPSA) is 69.8 Å². The third-order valence-corrected chi connectivity index (χ3v) is 5.01. The summed E-state index contributed by atoms with van der Waals surface area (Å²) in [6.45, 7) is 0. The Morgan fingerprint density at radius 1 is 0.962 bits per heavy atom. The highest BCUT2D eigenvalue weighted by molar-refractivity contribution is 7.99. The van der Waals surface area contributed by atoms with Crippen molar-refractivity contribution < 1.29 is 23.7 Å². The molecule has 136 valence electrons. The molecule has 0 fully saturated rings. The number of hydrogen-bond donors (Lipinski definition) is 1. The highest BCUT2D eigenvalue weighted by Gasteiger charge is 2.21. The summed E-state index contributed by atoms with van der Waals surface area (Å²) < 4.78 is 21.1. The molecular formula is C19H19NO5S. The molecule has 0 radical (unpaired) electrons. The molecule has 0 atom stereocenters. The molecule has 0 saturated heterocycles. The van der Waals surface area contributed by atoms with Gasteiger partial charge in [-0.1, -0.05) is 30.0 Å². The number of methoxy groups -OCH3 is 4. The molecule has 0 aliphatic carbocycles. The van der Waals surface area contributed by atoms with Gasteiger partial charge in [0.15, 0.2) is 11.5 Å². The van der Waals surface area contributed by atoms with Gasteiger partial charge in [0.1, 0.15) is 5.69 Å². The SMILES string of the molecule is COC(=O)c1[nH]c2ccccc2c1Sc1cc(OC)c(OC)c(OC)c1. The van der Waals surface area contributed by atoms with Crippen molar-refractivity contribution in [1.82, 2.24) is 4.98 Å². The molecular weight excluding hydrogens is 354 g/mol. The van der Waals surface area contributed by atoms with Crippen molar-refractivity contribution in [2.24, 2.45) is 0 Å². The summed E-state index contributed by atoms with van der Waals surface area (Å²) in [5, 5.41) is 0.937. The minimum atomic E-state index is -0.420. The van der Waals surface area contributed by atoms with Crippen molar-refractivity contribution in [3.05, 3.63) is 42.1 Å². The predicted molar refractivity (Wildman–Crippen MR) is 99.9 cm³/mol. The van der Waals surface area contributed by atoms with Crippen LogP contribution in [0, 0.1) is 0 Å². The van der Waals surface area contributed by atoms with E-state index in [0.717, 1.165) is 20.7 Å². The molecule has 1 N–H and O–H groups in total. The summed E-state index contributed by atoms with van der Waals surface area (Å²) in [6.07, 6.45) is 0. The Kier molecular flexibility index (Phi) is 5.27. The number of rotatable bonds is 6. The van der Waals surface area contributed by atoms with Crippen LogP contribution in [0.4, 0.5) is 0 Å². The summed E-state index contributed by atoms with van der Waals surface area (Å²) >= 11 is 1.42. The van der Waals surface area contributed by atoms with Gasteiger partial charge in [0, 0.05) is 15.8 Å². The van der Waals surface area contributed by atoms with Crippen LogP contribution < -0.4 is 14.2 Å². The predicted octanol–water partition coefficient (Wildman–Crippen LogP) is 4.13. The Labute approximate surface area is 155 Å². The molecule has 0 saturated carbocycles. The number of ether oxygens (including phenoxy) is 4. The Hall–Kier alpha value is -2.80. The summed E-state index contributed by atoms with van der Waals surface area (Å²) in [5.41, 5.74) is 1.27. The molecule has 2 aromatic carbocycles. The number of fused-ring (bicyclic) bond motifs is 1. The lowest BCUT2D eigenvalue weighted by atomic mass is 10.2. The largest absolute Gasteiger partial charge is 0.493 e. The molecule has 0 amide bonds. The molecule has 0 aliphatic heterocycles. The second kappa shape index (κ2) is 7.61. The first kappa shape index (κ1) is 18.0. The first-order valence-electron chi connectivity index (χ1n) is 7.79. The van der Waals surface area contributed by atoms with Gasteiger partial charge in [-0.25, -0.2) is 4.79 Å². The number of aromatic nitrogens is 1. The average molecular weight is 373 g/mol. The highest BCUT2D eigenvalue weighted by Crippen LogP contribution is 2.44. The molecule has 3 aromatic rings. The molecule has 6 nitrogen and oxygen atoms in total. The minimum absolute atomic E-state index is 0.410. The average Bonchev–Trinajstić information content (AvgIpc) is 3.05. The van der Waals surface area contributed by atoms with Crippen molar-refractivity contribution in [2.75, 3.05) is 28.4 Å². The van der Waals surface area contributed by atoms with E-state index in [9.17, 15) is 4.79 Å². The van der Waals surface area contributed by atoms with Crippen molar-refractivity contribution in [3.8, 4) is 17.2 Å². The maximum Gasteiger partial charge on any atom is 0.355 e. The van der Waals surface area contributed by atoms with Crippen LogP contribution >= 0.6 is 11.8 Å². The molecule has 1 aromatic heterocycles. The van der Waals surface area contributed by atoms with Gasteiger partial charge < -0.3 is 23.9 Å². The van der Waals surface area contributed by atoms with Crippen LogP contribution in [-0.4, -0.2) is 39.4 Å². The van der Waals surface area contributed by atoms with E-state index in [1.165, 1.54) is 18.9 Å². The van der Waals surface area contributed by atoms with Gasteiger partial charge in [0.05, 0.1) is 33.3 Å². The Balaban J connectivity index is 2.13. The van der Waals surface area contributed by atoms with E-state index in [1.807, 2.05) is 36.4 Å². The second-order valence-electron chi connectivity index (χ2n) is 5.33. The van der Waals surface area contributed by atoms with E-state index in [2.05, 4.69) is 4.98 Å². The van der Waals surface area contributed by atoms with Crippen molar-refractivity contribution >= 4 is 28.6 Å². The van der Waals surface area contributed by atoms with Gasteiger partial charge in [0.25, 0.3) is 0 Å². The first-order valence-corrected chi connectivity index (χ1v) is 8.61. The van der Waals surface area contributed by atoms with Crippen molar-refractivity contribution in [1.29, 1.82) is 0 Å². The van der Waals surface area contributed by atoms with Crippen LogP contribution in [0.5, 0.6) is 17.2 Å². The fourth-order valence-corrected chi connectivity index (χ4v) is 3.79. The number of carbonyl (C=O) groups excluding carboxylic acids is 1. The molecule has 0 spiro atoms. The van der Waals surface area contributed by atoms with Crippen LogP contribution in [0.25, 0.3) is 10.9 Å². The molecule has 0 bridgehead atoms. The molecule has 1 heterocycles. The van der Waals surface area contributed by atoms with Gasteiger partial charge in [-0.15, -0.1) is 0 Å². The zero-order chi connectivity index (χ0) is 18.7. The lowest BCUT2D eigenvalue weighted by molar-refractivity contribution is 0.0591. The van der Waals surface area contributed by atoms with E-state index in [4.69, 9.17) is 18.9 Å². The maximum absolute atomic E-state index is 12.2. The fraction of sp³-hybridized carbons (Fsp3) is 0.211. The van der Waals surface area contributed by atoms with Gasteiger partial charge >= 0.3 is 5.97 Å². The number of nitrogens with one attached hydrogen (secondary N) is 1. The van der Waals surface area contributed by atoms with Crippen molar-refractivity contribution in [2.45, 2.75) is 9.79 Å². The standard InChI is InChI=1S/C19H19NO5S/c1-22-14-9-11(10-15(23-2)17(14)24-3)26-18-12-7-5-6-8-13(12)20-16(18)19(21)25-4/h5-10,20H,1-4H3. The van der Waals surface area contributed by atoms with Gasteiger partial charge in [-0.2, -0.15) is 0 Å². The highest BCUT2D eigenvalue weighted by atomic mass is 32.2.